The number of benzene rings is 16. The van der Waals surface area contributed by atoms with Crippen molar-refractivity contribution >= 4 is 137 Å². The molecule has 0 radical (unpaired) electrons. The van der Waals surface area contributed by atoms with Gasteiger partial charge in [0.2, 0.25) is 0 Å². The van der Waals surface area contributed by atoms with E-state index in [9.17, 15) is 0 Å². The summed E-state index contributed by atoms with van der Waals surface area (Å²) in [6.45, 7) is 8.90. The van der Waals surface area contributed by atoms with Crippen molar-refractivity contribution in [1.82, 2.24) is 42.4 Å². The van der Waals surface area contributed by atoms with Gasteiger partial charge in [-0.05, 0) is 145 Å². The lowest BCUT2D eigenvalue weighted by molar-refractivity contribution is 1.07. The van der Waals surface area contributed by atoms with E-state index in [4.69, 9.17) is 21.5 Å². The Kier molecular flexibility index (Phi) is 13.3. The van der Waals surface area contributed by atoms with Crippen molar-refractivity contribution in [3.05, 3.63) is 375 Å². The Hall–Kier alpha value is -15.2. The van der Waals surface area contributed by atoms with Gasteiger partial charge in [0.1, 0.15) is 0 Å². The molecule has 0 spiro atoms. The van der Waals surface area contributed by atoms with Crippen molar-refractivity contribution in [2.24, 2.45) is 0 Å². The van der Waals surface area contributed by atoms with E-state index >= 15 is 0 Å². The molecule has 16 aromatic carbocycles. The Balaban J connectivity index is 0.824. The van der Waals surface area contributed by atoms with Crippen molar-refractivity contribution in [1.29, 1.82) is 0 Å². The molecule has 0 aliphatic carbocycles. The summed E-state index contributed by atoms with van der Waals surface area (Å²) in [6.07, 6.45) is 0. The van der Waals surface area contributed by atoms with E-state index in [1.165, 1.54) is 43.1 Å². The summed E-state index contributed by atoms with van der Waals surface area (Å²) in [5.74, 6) is 1.64. The molecule has 0 N–H and O–H groups in total. The monoisotopic (exact) mass is 1400 g/mol. The Morgan fingerprint density at radius 1 is 0.191 bits per heavy atom. The van der Waals surface area contributed by atoms with Crippen LogP contribution in [0.2, 0.25) is 0 Å². The van der Waals surface area contributed by atoms with Gasteiger partial charge in [-0.3, -0.25) is 0 Å². The van der Waals surface area contributed by atoms with Crippen LogP contribution in [0, 0.1) is 6.57 Å². The Labute approximate surface area is 629 Å². The summed E-state index contributed by atoms with van der Waals surface area (Å²) in [5.41, 5.74) is 23.8. The van der Waals surface area contributed by atoms with Gasteiger partial charge in [0, 0.05) is 110 Å². The molecule has 0 fully saturated rings. The van der Waals surface area contributed by atoms with Crippen LogP contribution in [0.5, 0.6) is 0 Å². The third kappa shape index (κ3) is 9.13. The third-order valence-corrected chi connectivity index (χ3v) is 22.7. The molecule has 0 amide bonds. The Morgan fingerprint density at radius 3 is 0.773 bits per heavy atom. The number of hydrogen-bond donors (Lipinski definition) is 0. The van der Waals surface area contributed by atoms with Crippen LogP contribution in [-0.4, -0.2) is 42.4 Å². The fourth-order valence-electron chi connectivity index (χ4n) is 17.9. The SMILES string of the molecule is [C-]#[N+]c1ccc(-n2c3ccc(-n4c5ccccc5c5ccccc54)cc3c3cc(-n4c5ccccc5c5ccccc54)ccc32)c(-c2ccc(-c3nc(-c4ccccc4)nc(-c4ccccc4)n3)cc2-n2c3ccc(-n4c5ccccc5c5ccccc54)cc3c3cc(-n4c5ccccc5c5ccccc54)ccc32)c1. The Morgan fingerprint density at radius 2 is 0.464 bits per heavy atom. The van der Waals surface area contributed by atoms with Crippen LogP contribution in [0.3, 0.4) is 0 Å². The summed E-state index contributed by atoms with van der Waals surface area (Å²) in [4.78, 5) is 20.3. The summed E-state index contributed by atoms with van der Waals surface area (Å²) in [6, 6.07) is 131. The highest BCUT2D eigenvalue weighted by molar-refractivity contribution is 6.17. The summed E-state index contributed by atoms with van der Waals surface area (Å²) < 4.78 is 14.5. The van der Waals surface area contributed by atoms with Gasteiger partial charge in [-0.15, -0.1) is 0 Å². The molecule has 7 aromatic heterocycles. The summed E-state index contributed by atoms with van der Waals surface area (Å²) >= 11 is 0. The van der Waals surface area contributed by atoms with E-state index < -0.39 is 0 Å². The number of fused-ring (bicyclic) bond motifs is 18. The minimum absolute atomic E-state index is 0.508. The van der Waals surface area contributed by atoms with Crippen LogP contribution in [0.4, 0.5) is 5.69 Å². The molecular formula is C100H60N10. The standard InChI is InChI=1S/C100H60N10/c1-101-65-45-51-92(109-93-52-46-66(105-84-36-16-8-28-70(84)71-29-9-17-37-85(71)105)58-80(93)81-59-67(47-53-94(81)109)106-86-38-18-10-30-72(86)73-31-11-19-39-87(73)106)79(57-65)78-50-44-64(100-103-98(62-24-4-2-5-25-62)102-99(104-100)63-26-6-3-7-27-63)56-97(78)110-95-54-48-68(107-88-40-20-12-32-74(88)75-33-13-21-41-89(75)107)60-82(95)83-61-69(49-55-96(83)110)108-90-42-22-14-34-76(90)77-35-15-23-43-91(77)108/h2-61H. The zero-order chi connectivity index (χ0) is 72.2. The molecular weight excluding hydrogens is 1340 g/mol. The van der Waals surface area contributed by atoms with Gasteiger partial charge < -0.3 is 27.4 Å². The molecule has 0 unspecified atom stereocenters. The first-order chi connectivity index (χ1) is 54.5. The molecule has 23 rings (SSSR count). The van der Waals surface area contributed by atoms with E-state index in [0.29, 0.717) is 23.2 Å². The van der Waals surface area contributed by atoms with E-state index in [2.05, 4.69) is 354 Å². The molecule has 510 valence electrons. The second kappa shape index (κ2) is 23.9. The van der Waals surface area contributed by atoms with Crippen molar-refractivity contribution < 1.29 is 0 Å². The van der Waals surface area contributed by atoms with Crippen LogP contribution < -0.4 is 0 Å². The van der Waals surface area contributed by atoms with E-state index in [1.807, 2.05) is 42.5 Å². The molecule has 10 heteroatoms. The summed E-state index contributed by atoms with van der Waals surface area (Å²) in [7, 11) is 0. The molecule has 0 aliphatic rings. The lowest BCUT2D eigenvalue weighted by Crippen LogP contribution is -2.04. The topological polar surface area (TPSA) is 72.6 Å². The van der Waals surface area contributed by atoms with Crippen LogP contribution in [0.25, 0.3) is 215 Å². The molecule has 0 saturated carbocycles. The lowest BCUT2D eigenvalue weighted by atomic mass is 9.97. The van der Waals surface area contributed by atoms with Crippen LogP contribution in [0.15, 0.2) is 364 Å². The molecule has 23 aromatic rings. The minimum atomic E-state index is 0.508. The first kappa shape index (κ1) is 61.2. The maximum atomic E-state index is 8.90. The third-order valence-electron chi connectivity index (χ3n) is 22.7. The largest absolute Gasteiger partial charge is 0.309 e. The van der Waals surface area contributed by atoms with Gasteiger partial charge in [-0.2, -0.15) is 0 Å². The highest BCUT2D eigenvalue weighted by Crippen LogP contribution is 2.47. The van der Waals surface area contributed by atoms with Crippen molar-refractivity contribution in [2.75, 3.05) is 0 Å². The number of para-hydroxylation sites is 8. The maximum Gasteiger partial charge on any atom is 0.188 e. The predicted octanol–water partition coefficient (Wildman–Crippen LogP) is 25.7. The normalized spacial score (nSPS) is 12.0. The first-order valence-corrected chi connectivity index (χ1v) is 37.2. The number of nitrogens with zero attached hydrogens (tertiary/aromatic N) is 10. The second-order valence-corrected chi connectivity index (χ2v) is 28.5. The van der Waals surface area contributed by atoms with Crippen molar-refractivity contribution in [3.63, 3.8) is 0 Å². The van der Waals surface area contributed by atoms with Gasteiger partial charge in [0.15, 0.2) is 23.2 Å². The molecule has 0 bridgehead atoms. The van der Waals surface area contributed by atoms with E-state index in [1.54, 1.807) is 0 Å². The average molecular weight is 1400 g/mol. The number of aromatic nitrogens is 9. The van der Waals surface area contributed by atoms with Crippen LogP contribution in [-0.2, 0) is 0 Å². The zero-order valence-corrected chi connectivity index (χ0v) is 59.1. The molecule has 110 heavy (non-hydrogen) atoms. The predicted molar refractivity (Wildman–Crippen MR) is 454 cm³/mol. The molecule has 0 aliphatic heterocycles. The molecule has 10 nitrogen and oxygen atoms in total. The molecule has 0 saturated heterocycles. The van der Waals surface area contributed by atoms with E-state index in [0.717, 1.165) is 150 Å². The van der Waals surface area contributed by atoms with Crippen molar-refractivity contribution in [3.8, 4) is 79.4 Å². The second-order valence-electron chi connectivity index (χ2n) is 28.5. The maximum absolute atomic E-state index is 8.90. The molecule has 0 atom stereocenters. The number of hydrogen-bond acceptors (Lipinski definition) is 3. The minimum Gasteiger partial charge on any atom is -0.309 e. The smallest absolute Gasteiger partial charge is 0.188 e. The average Bonchev–Trinajstić information content (AvgIpc) is 1.50. The lowest BCUT2D eigenvalue weighted by Gasteiger charge is -2.20. The Bertz CT molecular complexity index is 7250. The van der Waals surface area contributed by atoms with Gasteiger partial charge >= 0.3 is 0 Å². The van der Waals surface area contributed by atoms with Crippen LogP contribution >= 0.6 is 0 Å². The van der Waals surface area contributed by atoms with Crippen molar-refractivity contribution in [2.45, 2.75) is 0 Å². The summed E-state index contributed by atoms with van der Waals surface area (Å²) in [5, 5.41) is 13.8. The fraction of sp³-hybridized carbons (Fsp3) is 0. The van der Waals surface area contributed by atoms with Gasteiger partial charge in [0.05, 0.1) is 84.1 Å². The van der Waals surface area contributed by atoms with Crippen LogP contribution in [0.1, 0.15) is 0 Å². The first-order valence-electron chi connectivity index (χ1n) is 37.2. The van der Waals surface area contributed by atoms with Gasteiger partial charge in [0.25, 0.3) is 0 Å². The van der Waals surface area contributed by atoms with E-state index in [-0.39, 0.29) is 0 Å². The highest BCUT2D eigenvalue weighted by Gasteiger charge is 2.27. The van der Waals surface area contributed by atoms with Gasteiger partial charge in [-0.1, -0.05) is 224 Å². The van der Waals surface area contributed by atoms with Gasteiger partial charge in [-0.25, -0.2) is 19.8 Å². The fourth-order valence-corrected chi connectivity index (χ4v) is 17.9. The number of rotatable bonds is 10. The zero-order valence-electron chi connectivity index (χ0n) is 59.1. The highest BCUT2D eigenvalue weighted by atomic mass is 15.1. The molecule has 7 heterocycles. The quantitative estimate of drug-likeness (QED) is 0.128.